The molecule has 1 saturated heterocycles. The van der Waals surface area contributed by atoms with Gasteiger partial charge in [-0.3, -0.25) is 4.79 Å². The number of rotatable bonds is 7. The van der Waals surface area contributed by atoms with Gasteiger partial charge < -0.3 is 15.4 Å². The summed E-state index contributed by atoms with van der Waals surface area (Å²) in [4.78, 5) is 12.3. The van der Waals surface area contributed by atoms with Crippen molar-refractivity contribution in [2.45, 2.75) is 37.6 Å². The Labute approximate surface area is 166 Å². The number of hydrogen-bond donors (Lipinski definition) is 2. The Hall–Kier alpha value is -1.88. The highest BCUT2D eigenvalue weighted by atomic mass is 35.5. The van der Waals surface area contributed by atoms with Gasteiger partial charge in [0.25, 0.3) is 0 Å². The smallest absolute Gasteiger partial charge is 0.225 e. The fourth-order valence-electron chi connectivity index (χ4n) is 3.59. The summed E-state index contributed by atoms with van der Waals surface area (Å²) < 4.78 is 5.59. The minimum atomic E-state index is 0.0208. The number of para-hydroxylation sites is 1. The van der Waals surface area contributed by atoms with Crippen LogP contribution in [0.25, 0.3) is 0 Å². The van der Waals surface area contributed by atoms with Gasteiger partial charge in [-0.15, -0.1) is 0 Å². The summed E-state index contributed by atoms with van der Waals surface area (Å²) in [5.41, 5.74) is 2.13. The van der Waals surface area contributed by atoms with Crippen molar-refractivity contribution in [3.63, 3.8) is 0 Å². The molecular weight excluding hydrogens is 360 g/mol. The van der Waals surface area contributed by atoms with Crippen LogP contribution in [-0.4, -0.2) is 31.7 Å². The fourth-order valence-corrected chi connectivity index (χ4v) is 3.71. The first kappa shape index (κ1) is 19.9. The SMILES string of the molecule is CC(CC(=O)Nc1ccccc1)NCC1(c2ccc(Cl)cc2)CCOCC1. The Morgan fingerprint density at radius 2 is 1.78 bits per heavy atom. The van der Waals surface area contributed by atoms with E-state index in [-0.39, 0.29) is 17.4 Å². The van der Waals surface area contributed by atoms with Gasteiger partial charge in [0.15, 0.2) is 0 Å². The maximum absolute atomic E-state index is 12.3. The number of ether oxygens (including phenoxy) is 1. The average molecular weight is 387 g/mol. The summed E-state index contributed by atoms with van der Waals surface area (Å²) in [6.07, 6.45) is 2.36. The van der Waals surface area contributed by atoms with Crippen LogP contribution in [0.15, 0.2) is 54.6 Å². The van der Waals surface area contributed by atoms with Gasteiger partial charge in [-0.25, -0.2) is 0 Å². The molecule has 2 aromatic carbocycles. The number of carbonyl (C=O) groups is 1. The van der Waals surface area contributed by atoms with Gasteiger partial charge in [-0.2, -0.15) is 0 Å². The van der Waals surface area contributed by atoms with Gasteiger partial charge in [0.05, 0.1) is 0 Å². The van der Waals surface area contributed by atoms with E-state index in [0.29, 0.717) is 6.42 Å². The standard InChI is InChI=1S/C22H27ClN2O2/c1-17(15-21(26)25-20-5-3-2-4-6-20)24-16-22(11-13-27-14-12-22)18-7-9-19(23)10-8-18/h2-10,17,24H,11-16H2,1H3,(H,25,26). The molecule has 1 aliphatic rings. The Balaban J connectivity index is 1.58. The van der Waals surface area contributed by atoms with Gasteiger partial charge in [0.1, 0.15) is 0 Å². The molecule has 5 heteroatoms. The third-order valence-corrected chi connectivity index (χ3v) is 5.50. The molecule has 1 amide bonds. The minimum Gasteiger partial charge on any atom is -0.381 e. The number of amides is 1. The van der Waals surface area contributed by atoms with E-state index in [9.17, 15) is 4.79 Å². The van der Waals surface area contributed by atoms with Crippen LogP contribution < -0.4 is 10.6 Å². The molecule has 0 spiro atoms. The molecule has 144 valence electrons. The number of halogens is 1. The summed E-state index contributed by atoms with van der Waals surface area (Å²) in [5.74, 6) is 0.0220. The summed E-state index contributed by atoms with van der Waals surface area (Å²) >= 11 is 6.06. The van der Waals surface area contributed by atoms with E-state index in [0.717, 1.165) is 43.3 Å². The van der Waals surface area contributed by atoms with Crippen molar-refractivity contribution in [2.24, 2.45) is 0 Å². The average Bonchev–Trinajstić information content (AvgIpc) is 2.68. The van der Waals surface area contributed by atoms with Crippen molar-refractivity contribution in [3.05, 3.63) is 65.2 Å². The molecule has 0 aliphatic carbocycles. The highest BCUT2D eigenvalue weighted by molar-refractivity contribution is 6.30. The van der Waals surface area contributed by atoms with E-state index in [1.165, 1.54) is 5.56 Å². The molecule has 0 aromatic heterocycles. The molecule has 27 heavy (non-hydrogen) atoms. The van der Waals surface area contributed by atoms with E-state index in [1.807, 2.05) is 42.5 Å². The van der Waals surface area contributed by atoms with Gasteiger partial charge in [-0.05, 0) is 49.6 Å². The lowest BCUT2D eigenvalue weighted by Crippen LogP contribution is -2.45. The van der Waals surface area contributed by atoms with Crippen molar-refractivity contribution in [1.29, 1.82) is 0 Å². The summed E-state index contributed by atoms with van der Waals surface area (Å²) in [6, 6.07) is 17.8. The van der Waals surface area contributed by atoms with E-state index in [4.69, 9.17) is 16.3 Å². The lowest BCUT2D eigenvalue weighted by atomic mass is 9.74. The predicted octanol–water partition coefficient (Wildman–Crippen LogP) is 4.40. The molecule has 0 saturated carbocycles. The van der Waals surface area contributed by atoms with Crippen molar-refractivity contribution in [3.8, 4) is 0 Å². The second-order valence-corrected chi connectivity index (χ2v) is 7.74. The van der Waals surface area contributed by atoms with Gasteiger partial charge in [0.2, 0.25) is 5.91 Å². The maximum atomic E-state index is 12.3. The molecule has 1 atom stereocenters. The van der Waals surface area contributed by atoms with Gasteiger partial charge in [-0.1, -0.05) is 41.9 Å². The Kier molecular flexibility index (Phi) is 6.89. The molecular formula is C22H27ClN2O2. The third kappa shape index (κ3) is 5.55. The first-order valence-corrected chi connectivity index (χ1v) is 9.87. The molecule has 4 nitrogen and oxygen atoms in total. The lowest BCUT2D eigenvalue weighted by Gasteiger charge is -2.39. The van der Waals surface area contributed by atoms with E-state index < -0.39 is 0 Å². The second kappa shape index (κ2) is 9.36. The summed E-state index contributed by atoms with van der Waals surface area (Å²) in [6.45, 7) is 4.39. The zero-order chi connectivity index (χ0) is 19.1. The van der Waals surface area contributed by atoms with Crippen LogP contribution in [0.4, 0.5) is 5.69 Å². The Morgan fingerprint density at radius 3 is 2.44 bits per heavy atom. The zero-order valence-electron chi connectivity index (χ0n) is 15.7. The number of carbonyl (C=O) groups excluding carboxylic acids is 1. The largest absolute Gasteiger partial charge is 0.381 e. The van der Waals surface area contributed by atoms with Crippen molar-refractivity contribution in [1.82, 2.24) is 5.32 Å². The minimum absolute atomic E-state index is 0.0208. The molecule has 1 fully saturated rings. The molecule has 3 rings (SSSR count). The second-order valence-electron chi connectivity index (χ2n) is 7.30. The predicted molar refractivity (Wildman–Crippen MR) is 110 cm³/mol. The first-order valence-electron chi connectivity index (χ1n) is 9.49. The van der Waals surface area contributed by atoms with Crippen LogP contribution in [0.2, 0.25) is 5.02 Å². The summed E-state index contributed by atoms with van der Waals surface area (Å²) in [7, 11) is 0. The van der Waals surface area contributed by atoms with Crippen molar-refractivity contribution >= 4 is 23.2 Å². The van der Waals surface area contributed by atoms with E-state index >= 15 is 0 Å². The van der Waals surface area contributed by atoms with Gasteiger partial charge >= 0.3 is 0 Å². The van der Waals surface area contributed by atoms with E-state index in [1.54, 1.807) is 0 Å². The van der Waals surface area contributed by atoms with Crippen LogP contribution >= 0.6 is 11.6 Å². The Morgan fingerprint density at radius 1 is 1.11 bits per heavy atom. The monoisotopic (exact) mass is 386 g/mol. The normalized spacial score (nSPS) is 17.3. The molecule has 1 unspecified atom stereocenters. The van der Waals surface area contributed by atoms with Crippen LogP contribution in [0, 0.1) is 0 Å². The van der Waals surface area contributed by atoms with E-state index in [2.05, 4.69) is 29.7 Å². The molecule has 1 aliphatic heterocycles. The topological polar surface area (TPSA) is 50.4 Å². The van der Waals surface area contributed by atoms with Crippen LogP contribution in [-0.2, 0) is 14.9 Å². The molecule has 2 N–H and O–H groups in total. The quantitative estimate of drug-likeness (QED) is 0.741. The number of hydrogen-bond acceptors (Lipinski definition) is 3. The highest BCUT2D eigenvalue weighted by Crippen LogP contribution is 2.35. The zero-order valence-corrected chi connectivity index (χ0v) is 16.5. The molecule has 2 aromatic rings. The van der Waals surface area contributed by atoms with Crippen LogP contribution in [0.5, 0.6) is 0 Å². The first-order chi connectivity index (χ1) is 13.1. The molecule has 0 radical (unpaired) electrons. The van der Waals surface area contributed by atoms with Gasteiger partial charge in [0, 0.05) is 48.3 Å². The number of benzene rings is 2. The van der Waals surface area contributed by atoms with Crippen LogP contribution in [0.1, 0.15) is 31.7 Å². The molecule has 1 heterocycles. The third-order valence-electron chi connectivity index (χ3n) is 5.24. The summed E-state index contributed by atoms with van der Waals surface area (Å²) in [5, 5.41) is 7.27. The Bertz CT molecular complexity index is 728. The van der Waals surface area contributed by atoms with Crippen molar-refractivity contribution in [2.75, 3.05) is 25.1 Å². The number of anilines is 1. The van der Waals surface area contributed by atoms with Crippen LogP contribution in [0.3, 0.4) is 0 Å². The number of nitrogens with one attached hydrogen (secondary N) is 2. The van der Waals surface area contributed by atoms with Crippen molar-refractivity contribution < 1.29 is 9.53 Å². The maximum Gasteiger partial charge on any atom is 0.225 e. The lowest BCUT2D eigenvalue weighted by molar-refractivity contribution is -0.116. The highest BCUT2D eigenvalue weighted by Gasteiger charge is 2.34. The fraction of sp³-hybridized carbons (Fsp3) is 0.409. The molecule has 0 bridgehead atoms.